The molecule has 3 aromatic carbocycles. The van der Waals surface area contributed by atoms with Crippen molar-refractivity contribution in [3.05, 3.63) is 89.7 Å². The maximum absolute atomic E-state index is 14.2. The summed E-state index contributed by atoms with van der Waals surface area (Å²) < 4.78 is 14.2. The van der Waals surface area contributed by atoms with Gasteiger partial charge in [-0.05, 0) is 47.5 Å². The van der Waals surface area contributed by atoms with E-state index < -0.39 is 0 Å². The Labute approximate surface area is 156 Å². The van der Waals surface area contributed by atoms with E-state index in [9.17, 15) is 4.39 Å². The minimum atomic E-state index is -0.280. The molecule has 1 aromatic heterocycles. The molecule has 0 saturated heterocycles. The van der Waals surface area contributed by atoms with Crippen molar-refractivity contribution >= 4 is 34.9 Å². The van der Waals surface area contributed by atoms with Crippen molar-refractivity contribution < 1.29 is 4.39 Å². The second-order valence-electron chi connectivity index (χ2n) is 5.56. The molecule has 0 aliphatic heterocycles. The molecule has 1 heterocycles. The van der Waals surface area contributed by atoms with E-state index in [-0.39, 0.29) is 18.2 Å². The lowest BCUT2D eigenvalue weighted by atomic mass is 9.98. The average molecular weight is 370 g/mol. The number of halogens is 3. The first-order chi connectivity index (χ1) is 11.7. The van der Waals surface area contributed by atoms with Gasteiger partial charge in [-0.2, -0.15) is 0 Å². The number of pyridine rings is 1. The Morgan fingerprint density at radius 3 is 2.24 bits per heavy atom. The van der Waals surface area contributed by atoms with Gasteiger partial charge in [0.25, 0.3) is 0 Å². The van der Waals surface area contributed by atoms with Crippen LogP contribution in [0.3, 0.4) is 0 Å². The smallest absolute Gasteiger partial charge is 0.132 e. The molecule has 0 amide bonds. The van der Waals surface area contributed by atoms with Crippen molar-refractivity contribution in [2.24, 2.45) is 0 Å². The number of hydrogen-bond donors (Lipinski definition) is 0. The van der Waals surface area contributed by atoms with E-state index in [4.69, 9.17) is 11.6 Å². The predicted octanol–water partition coefficient (Wildman–Crippen LogP) is 6.78. The topological polar surface area (TPSA) is 12.9 Å². The summed E-state index contributed by atoms with van der Waals surface area (Å²) in [4.78, 5) is 4.63. The molecule has 4 rings (SSSR count). The van der Waals surface area contributed by atoms with Gasteiger partial charge in [0.2, 0.25) is 0 Å². The van der Waals surface area contributed by atoms with Gasteiger partial charge in [-0.25, -0.2) is 9.37 Å². The van der Waals surface area contributed by atoms with Crippen molar-refractivity contribution in [1.82, 2.24) is 4.98 Å². The number of rotatable bonds is 2. The summed E-state index contributed by atoms with van der Waals surface area (Å²) in [5.74, 6) is -0.280. The molecule has 0 spiro atoms. The van der Waals surface area contributed by atoms with Crippen LogP contribution < -0.4 is 0 Å². The SMILES string of the molecule is Cl.Fc1ccccc1-c1cc(-c2ccccc2)c2cc(Cl)ccc2n1. The molecule has 25 heavy (non-hydrogen) atoms. The normalized spacial score (nSPS) is 10.5. The molecule has 0 radical (unpaired) electrons. The molecule has 4 heteroatoms. The third kappa shape index (κ3) is 3.37. The maximum Gasteiger partial charge on any atom is 0.132 e. The lowest BCUT2D eigenvalue weighted by molar-refractivity contribution is 0.631. The van der Waals surface area contributed by atoms with Gasteiger partial charge in [-0.1, -0.05) is 54.1 Å². The lowest BCUT2D eigenvalue weighted by Crippen LogP contribution is -1.92. The highest BCUT2D eigenvalue weighted by molar-refractivity contribution is 6.31. The Morgan fingerprint density at radius 2 is 1.48 bits per heavy atom. The Hall–Kier alpha value is -2.42. The van der Waals surface area contributed by atoms with Crippen LogP contribution in [-0.2, 0) is 0 Å². The van der Waals surface area contributed by atoms with E-state index in [1.807, 2.05) is 54.6 Å². The molecule has 1 nitrogen and oxygen atoms in total. The molecule has 0 saturated carbocycles. The zero-order valence-corrected chi connectivity index (χ0v) is 14.7. The lowest BCUT2D eigenvalue weighted by Gasteiger charge is -2.11. The summed E-state index contributed by atoms with van der Waals surface area (Å²) in [5, 5.41) is 1.61. The van der Waals surface area contributed by atoms with Gasteiger partial charge in [-0.3, -0.25) is 0 Å². The van der Waals surface area contributed by atoms with Gasteiger partial charge in [0, 0.05) is 16.0 Å². The summed E-state index contributed by atoms with van der Waals surface area (Å²) in [6.45, 7) is 0. The molecule has 0 bridgehead atoms. The number of hydrogen-bond acceptors (Lipinski definition) is 1. The first-order valence-corrected chi connectivity index (χ1v) is 8.01. The quantitative estimate of drug-likeness (QED) is 0.379. The van der Waals surface area contributed by atoms with Gasteiger partial charge >= 0.3 is 0 Å². The Morgan fingerprint density at radius 1 is 0.760 bits per heavy atom. The summed E-state index contributed by atoms with van der Waals surface area (Å²) in [7, 11) is 0. The number of benzene rings is 3. The van der Waals surface area contributed by atoms with Crippen LogP contribution in [0.1, 0.15) is 0 Å². The van der Waals surface area contributed by atoms with E-state index in [0.29, 0.717) is 16.3 Å². The first kappa shape index (κ1) is 17.4. The Bertz CT molecular complexity index is 1030. The minimum Gasteiger partial charge on any atom is -0.248 e. The molecular formula is C21H14Cl2FN. The van der Waals surface area contributed by atoms with E-state index in [2.05, 4.69) is 4.98 Å². The van der Waals surface area contributed by atoms with Crippen molar-refractivity contribution in [3.63, 3.8) is 0 Å². The fourth-order valence-corrected chi connectivity index (χ4v) is 3.03. The van der Waals surface area contributed by atoms with Gasteiger partial charge in [0.05, 0.1) is 11.2 Å². The fourth-order valence-electron chi connectivity index (χ4n) is 2.86. The number of aromatic nitrogens is 1. The summed E-state index contributed by atoms with van der Waals surface area (Å²) in [6.07, 6.45) is 0. The molecule has 0 aliphatic rings. The van der Waals surface area contributed by atoms with Gasteiger partial charge in [0.15, 0.2) is 0 Å². The van der Waals surface area contributed by atoms with E-state index in [0.717, 1.165) is 22.0 Å². The zero-order valence-electron chi connectivity index (χ0n) is 13.1. The second-order valence-corrected chi connectivity index (χ2v) is 6.00. The van der Waals surface area contributed by atoms with Crippen LogP contribution >= 0.6 is 24.0 Å². The van der Waals surface area contributed by atoms with Crippen LogP contribution in [-0.4, -0.2) is 4.98 Å². The van der Waals surface area contributed by atoms with Crippen LogP contribution in [0.15, 0.2) is 78.9 Å². The molecule has 0 fully saturated rings. The fraction of sp³-hybridized carbons (Fsp3) is 0. The van der Waals surface area contributed by atoms with E-state index >= 15 is 0 Å². The summed E-state index contributed by atoms with van der Waals surface area (Å²) >= 11 is 6.17. The van der Waals surface area contributed by atoms with Gasteiger partial charge in [-0.15, -0.1) is 12.4 Å². The maximum atomic E-state index is 14.2. The van der Waals surface area contributed by atoms with E-state index in [1.165, 1.54) is 6.07 Å². The monoisotopic (exact) mass is 369 g/mol. The molecule has 124 valence electrons. The van der Waals surface area contributed by atoms with Crippen molar-refractivity contribution in [1.29, 1.82) is 0 Å². The first-order valence-electron chi connectivity index (χ1n) is 7.63. The van der Waals surface area contributed by atoms with Crippen LogP contribution in [0, 0.1) is 5.82 Å². The predicted molar refractivity (Wildman–Crippen MR) is 105 cm³/mol. The zero-order chi connectivity index (χ0) is 16.5. The van der Waals surface area contributed by atoms with Crippen LogP contribution in [0.2, 0.25) is 5.02 Å². The molecular weight excluding hydrogens is 356 g/mol. The molecule has 0 atom stereocenters. The molecule has 0 unspecified atom stereocenters. The van der Waals surface area contributed by atoms with E-state index in [1.54, 1.807) is 18.2 Å². The number of nitrogens with zero attached hydrogens (tertiary/aromatic N) is 1. The highest BCUT2D eigenvalue weighted by Crippen LogP contribution is 2.34. The van der Waals surface area contributed by atoms with Crippen LogP contribution in [0.25, 0.3) is 33.3 Å². The van der Waals surface area contributed by atoms with Crippen molar-refractivity contribution in [3.8, 4) is 22.4 Å². The minimum absolute atomic E-state index is 0. The highest BCUT2D eigenvalue weighted by atomic mass is 35.5. The van der Waals surface area contributed by atoms with Crippen LogP contribution in [0.4, 0.5) is 4.39 Å². The molecule has 4 aromatic rings. The standard InChI is InChI=1S/C21H13ClFN.ClH/c22-15-10-11-20-18(12-15)17(14-6-2-1-3-7-14)13-21(24-20)16-8-4-5-9-19(16)23;/h1-13H;1H. The van der Waals surface area contributed by atoms with Crippen molar-refractivity contribution in [2.75, 3.05) is 0 Å². The van der Waals surface area contributed by atoms with Gasteiger partial charge < -0.3 is 0 Å². The Kier molecular flexibility index (Phi) is 5.03. The molecule has 0 aliphatic carbocycles. The third-order valence-corrected chi connectivity index (χ3v) is 4.24. The summed E-state index contributed by atoms with van der Waals surface area (Å²) in [5.41, 5.74) is 3.93. The van der Waals surface area contributed by atoms with Crippen LogP contribution in [0.5, 0.6) is 0 Å². The summed E-state index contributed by atoms with van der Waals surface area (Å²) in [6, 6.07) is 24.2. The average Bonchev–Trinajstić information content (AvgIpc) is 2.62. The third-order valence-electron chi connectivity index (χ3n) is 4.01. The number of fused-ring (bicyclic) bond motifs is 1. The van der Waals surface area contributed by atoms with Crippen molar-refractivity contribution in [2.45, 2.75) is 0 Å². The Balaban J connectivity index is 0.00000182. The van der Waals surface area contributed by atoms with Gasteiger partial charge in [0.1, 0.15) is 5.82 Å². The largest absolute Gasteiger partial charge is 0.248 e. The highest BCUT2D eigenvalue weighted by Gasteiger charge is 2.12. The second kappa shape index (κ2) is 7.22. The molecule has 0 N–H and O–H groups in total.